The fraction of sp³-hybridized carbons (Fsp3) is 0.0417. The van der Waals surface area contributed by atoms with Gasteiger partial charge in [0.25, 0.3) is 0 Å². The number of benzene rings is 7. The third-order valence-corrected chi connectivity index (χ3v) is 9.20. The monoisotopic (exact) mass is 672 g/mol. The molecule has 1 aliphatic carbocycles. The van der Waals surface area contributed by atoms with E-state index in [0.717, 1.165) is 4.57 Å². The first-order valence-corrected chi connectivity index (χ1v) is 16.0. The highest BCUT2D eigenvalue weighted by molar-refractivity contribution is 6.16. The van der Waals surface area contributed by atoms with Crippen LogP contribution in [0.2, 0.25) is 0 Å². The summed E-state index contributed by atoms with van der Waals surface area (Å²) in [6.45, 7) is 0. The first-order valence-electron chi connectivity index (χ1n) is 26.6. The lowest BCUT2D eigenvalue weighted by Crippen LogP contribution is -1.99. The van der Waals surface area contributed by atoms with E-state index in [2.05, 4.69) is 0 Å². The zero-order chi connectivity index (χ0) is 51.7. The van der Waals surface area contributed by atoms with Crippen LogP contribution in [0.3, 0.4) is 0 Å². The van der Waals surface area contributed by atoms with Crippen LogP contribution >= 0.6 is 0 Å². The minimum Gasteiger partial charge on any atom is -0.310 e. The standard InChI is InChI=1S/C48H33N3/c1-3-15-33(16-4-1)49-43-26-12-9-21-39(43)47-45(49)27-14-28-46(47)51-42-25-11-8-20-37(42)40-31-32(29-30-44(40)51)35-22-13-23-38-36-19-7-10-24-41(36)50(48(35)38)34-17-5-2-6-18-34/h1-8,10-20,22-31H,9,21H2/i7D,8D,9D,10D,11D,12D,13D,14D,19D,20D,21D,22D,23D,24D,25D,26D,27D,28D,29D,30D,31D. The summed E-state index contributed by atoms with van der Waals surface area (Å²) in [7, 11) is 0. The fourth-order valence-corrected chi connectivity index (χ4v) is 7.13. The summed E-state index contributed by atoms with van der Waals surface area (Å²) < 4.78 is 198. The Bertz CT molecular complexity index is 4170. The molecule has 3 heterocycles. The molecule has 0 saturated carbocycles. The van der Waals surface area contributed by atoms with Crippen molar-refractivity contribution in [2.24, 2.45) is 0 Å². The van der Waals surface area contributed by atoms with Gasteiger partial charge in [-0.3, -0.25) is 0 Å². The largest absolute Gasteiger partial charge is 0.310 e. The first-order chi connectivity index (χ1) is 34.1. The minimum atomic E-state index is -1.68. The third kappa shape index (κ3) is 4.06. The Hall–Kier alpha value is -6.58. The van der Waals surface area contributed by atoms with Gasteiger partial charge in [0.05, 0.1) is 59.3 Å². The van der Waals surface area contributed by atoms with Crippen LogP contribution in [-0.4, -0.2) is 13.7 Å². The van der Waals surface area contributed by atoms with Crippen molar-refractivity contribution in [3.63, 3.8) is 0 Å². The number of para-hydroxylation sites is 5. The molecule has 10 aromatic rings. The maximum Gasteiger partial charge on any atom is 0.0645 e. The van der Waals surface area contributed by atoms with Crippen LogP contribution in [-0.2, 0) is 6.40 Å². The molecule has 3 aromatic heterocycles. The molecule has 0 N–H and O–H groups in total. The van der Waals surface area contributed by atoms with Gasteiger partial charge in [-0.15, -0.1) is 0 Å². The summed E-state index contributed by atoms with van der Waals surface area (Å²) in [5.74, 6) is 0. The zero-order valence-corrected chi connectivity index (χ0v) is 26.3. The summed E-state index contributed by atoms with van der Waals surface area (Å²) in [6, 6.07) is 3.12. The summed E-state index contributed by atoms with van der Waals surface area (Å²) in [5.41, 5.74) is -2.62. The molecule has 0 amide bonds. The predicted octanol–water partition coefficient (Wildman–Crippen LogP) is 12.5. The lowest BCUT2D eigenvalue weighted by molar-refractivity contribution is 0.967. The summed E-state index contributed by atoms with van der Waals surface area (Å²) in [5, 5.41) is -1.51. The van der Waals surface area contributed by atoms with Gasteiger partial charge in [0.15, 0.2) is 0 Å². The molecule has 0 fully saturated rings. The van der Waals surface area contributed by atoms with Crippen molar-refractivity contribution in [3.05, 3.63) is 181 Å². The Labute approximate surface area is 325 Å². The fourth-order valence-electron chi connectivity index (χ4n) is 7.13. The molecule has 2 unspecified atom stereocenters. The van der Waals surface area contributed by atoms with Crippen molar-refractivity contribution in [2.45, 2.75) is 12.8 Å². The third-order valence-electron chi connectivity index (χ3n) is 9.20. The molecule has 7 aromatic carbocycles. The van der Waals surface area contributed by atoms with Gasteiger partial charge >= 0.3 is 0 Å². The number of aromatic nitrogens is 3. The minimum absolute atomic E-state index is 0.116. The van der Waals surface area contributed by atoms with Crippen molar-refractivity contribution in [1.29, 1.82) is 0 Å². The summed E-state index contributed by atoms with van der Waals surface area (Å²) >= 11 is 0. The zero-order valence-electron chi connectivity index (χ0n) is 47.3. The molecule has 51 heavy (non-hydrogen) atoms. The second-order valence-electron chi connectivity index (χ2n) is 11.9. The van der Waals surface area contributed by atoms with Crippen LogP contribution in [0, 0.1) is 0 Å². The number of allylic oxidation sites excluding steroid dienone is 1. The number of rotatable bonds is 4. The first kappa shape index (κ1) is 14.7. The SMILES string of the molecule is [2H]C1=C([2H])C([2H])C([2H])c2c1n(-c1ccccc1)c1c([2H])c([2H])c([2H])c(-n3c4c([2H])c([2H])c([2H])c([2H])c4c4c([2H])c(-c5c([2H])c([2H])c([2H])c6c7c([2H])c([2H])c([2H])c([2H])c7n(-c7ccccc7)c56)c([2H])c([2H])c43)c21. The highest BCUT2D eigenvalue weighted by atomic mass is 15.0. The number of hydrogen-bond acceptors (Lipinski definition) is 0. The second-order valence-corrected chi connectivity index (χ2v) is 11.9. The van der Waals surface area contributed by atoms with E-state index in [1.54, 1.807) is 60.7 Å². The van der Waals surface area contributed by atoms with Crippen molar-refractivity contribution in [2.75, 3.05) is 0 Å². The average Bonchev–Trinajstić information content (AvgIpc) is 4.05. The molecule has 0 bridgehead atoms. The van der Waals surface area contributed by atoms with Crippen LogP contribution < -0.4 is 0 Å². The molecule has 0 spiro atoms. The number of hydrogen-bond donors (Lipinski definition) is 0. The highest BCUT2D eigenvalue weighted by Gasteiger charge is 2.24. The maximum atomic E-state index is 10.2. The van der Waals surface area contributed by atoms with Gasteiger partial charge in [-0.2, -0.15) is 0 Å². The van der Waals surface area contributed by atoms with Gasteiger partial charge in [0.1, 0.15) is 0 Å². The molecule has 11 rings (SSSR count). The normalized spacial score (nSPS) is 21.9. The van der Waals surface area contributed by atoms with Gasteiger partial charge in [-0.1, -0.05) is 109 Å². The van der Waals surface area contributed by atoms with Gasteiger partial charge in [-0.25, -0.2) is 0 Å². The molecule has 3 heteroatoms. The predicted molar refractivity (Wildman–Crippen MR) is 215 cm³/mol. The molecule has 3 nitrogen and oxygen atoms in total. The number of nitrogens with zero attached hydrogens (tertiary/aromatic N) is 3. The van der Waals surface area contributed by atoms with E-state index in [1.165, 1.54) is 9.13 Å². The van der Waals surface area contributed by atoms with Crippen molar-refractivity contribution >= 4 is 60.6 Å². The van der Waals surface area contributed by atoms with E-state index in [9.17, 15) is 16.4 Å². The molecule has 2 atom stereocenters. The van der Waals surface area contributed by atoms with E-state index in [4.69, 9.17) is 12.3 Å². The summed E-state index contributed by atoms with van der Waals surface area (Å²) in [4.78, 5) is 0. The summed E-state index contributed by atoms with van der Waals surface area (Å²) in [6.07, 6.45) is -3.35. The van der Waals surface area contributed by atoms with Crippen molar-refractivity contribution < 1.29 is 28.8 Å². The van der Waals surface area contributed by atoms with E-state index in [1.807, 2.05) is 0 Å². The smallest absolute Gasteiger partial charge is 0.0645 e. The molecule has 240 valence electrons. The second kappa shape index (κ2) is 11.0. The Kier molecular flexibility index (Phi) is 3.16. The lowest BCUT2D eigenvalue weighted by Gasteiger charge is -2.13. The Morgan fingerprint density at radius 2 is 1.16 bits per heavy atom. The number of fused-ring (bicyclic) bond motifs is 9. The van der Waals surface area contributed by atoms with Gasteiger partial charge in [-0.05, 0) is 90.5 Å². The van der Waals surface area contributed by atoms with Gasteiger partial charge < -0.3 is 13.7 Å². The number of aryl methyl sites for hydroxylation is 1. The van der Waals surface area contributed by atoms with Gasteiger partial charge in [0.2, 0.25) is 0 Å². The van der Waals surface area contributed by atoms with Gasteiger partial charge in [0, 0.05) is 52.3 Å². The van der Waals surface area contributed by atoms with E-state index < -0.39 is 166 Å². The average molecular weight is 673 g/mol. The molecule has 0 aliphatic heterocycles. The van der Waals surface area contributed by atoms with E-state index in [0.29, 0.717) is 5.69 Å². The highest BCUT2D eigenvalue weighted by Crippen LogP contribution is 2.43. The van der Waals surface area contributed by atoms with Crippen LogP contribution in [0.25, 0.3) is 88.8 Å². The molecular formula is C48H33N3. The van der Waals surface area contributed by atoms with Crippen molar-refractivity contribution in [3.8, 4) is 28.2 Å². The van der Waals surface area contributed by atoms with Crippen LogP contribution in [0.15, 0.2) is 169 Å². The van der Waals surface area contributed by atoms with Crippen molar-refractivity contribution in [1.82, 2.24) is 13.7 Å². The quantitative estimate of drug-likeness (QED) is 0.177. The molecular weight excluding hydrogens is 619 g/mol. The molecule has 0 radical (unpaired) electrons. The van der Waals surface area contributed by atoms with E-state index in [-0.39, 0.29) is 49.7 Å². The van der Waals surface area contributed by atoms with Crippen LogP contribution in [0.4, 0.5) is 0 Å². The maximum absolute atomic E-state index is 10.2. The topological polar surface area (TPSA) is 14.8 Å². The Morgan fingerprint density at radius 1 is 0.529 bits per heavy atom. The van der Waals surface area contributed by atoms with Crippen LogP contribution in [0.5, 0.6) is 0 Å². The molecule has 0 saturated heterocycles. The Morgan fingerprint density at radius 3 is 1.94 bits per heavy atom. The molecule has 1 aliphatic rings. The van der Waals surface area contributed by atoms with E-state index >= 15 is 0 Å². The van der Waals surface area contributed by atoms with Crippen LogP contribution in [0.1, 0.15) is 46.4 Å². The Balaban J connectivity index is 1.41. The lowest BCUT2D eigenvalue weighted by atomic mass is 9.99.